The van der Waals surface area contributed by atoms with Crippen LogP contribution in [0.4, 0.5) is 0 Å². The summed E-state index contributed by atoms with van der Waals surface area (Å²) < 4.78 is 16.9. The van der Waals surface area contributed by atoms with Crippen molar-refractivity contribution in [3.05, 3.63) is 74.6 Å². The monoisotopic (exact) mass is 484 g/mol. The minimum absolute atomic E-state index is 0.0312. The van der Waals surface area contributed by atoms with Crippen LogP contribution in [-0.4, -0.2) is 42.6 Å². The van der Waals surface area contributed by atoms with Gasteiger partial charge in [-0.25, -0.2) is 0 Å². The van der Waals surface area contributed by atoms with Crippen molar-refractivity contribution in [3.8, 4) is 5.75 Å². The minimum Gasteiger partial charge on any atom is -0.484 e. The van der Waals surface area contributed by atoms with Crippen LogP contribution in [0.5, 0.6) is 5.75 Å². The van der Waals surface area contributed by atoms with E-state index in [1.54, 1.807) is 47.4 Å². The molecule has 3 aromatic rings. The number of rotatable bonds is 9. The smallest absolute Gasteiger partial charge is 0.290 e. The topological polar surface area (TPSA) is 112 Å². The number of carbonyl (C=O) groups is 2. The lowest BCUT2D eigenvalue weighted by atomic mass is 9.98. The van der Waals surface area contributed by atoms with Gasteiger partial charge in [0.1, 0.15) is 11.3 Å². The van der Waals surface area contributed by atoms with Crippen LogP contribution >= 0.6 is 11.6 Å². The highest BCUT2D eigenvalue weighted by molar-refractivity contribution is 6.31. The molecule has 0 bridgehead atoms. The largest absolute Gasteiger partial charge is 0.484 e. The lowest BCUT2D eigenvalue weighted by molar-refractivity contribution is -0.119. The number of hydrogen-bond acceptors (Lipinski definition) is 6. The number of nitrogens with zero attached hydrogens (tertiary/aromatic N) is 1. The van der Waals surface area contributed by atoms with E-state index in [0.29, 0.717) is 46.9 Å². The van der Waals surface area contributed by atoms with E-state index in [-0.39, 0.29) is 35.4 Å². The molecule has 0 unspecified atom stereocenters. The maximum absolute atomic E-state index is 13.5. The van der Waals surface area contributed by atoms with Crippen molar-refractivity contribution in [2.75, 3.05) is 19.8 Å². The van der Waals surface area contributed by atoms with Gasteiger partial charge in [-0.1, -0.05) is 23.7 Å². The molecule has 2 heterocycles. The highest BCUT2D eigenvalue weighted by Gasteiger charge is 2.42. The zero-order valence-electron chi connectivity index (χ0n) is 18.9. The Morgan fingerprint density at radius 1 is 1.18 bits per heavy atom. The van der Waals surface area contributed by atoms with E-state index in [4.69, 9.17) is 31.2 Å². The Kier molecular flexibility index (Phi) is 6.90. The number of carbonyl (C=O) groups excluding carboxylic acids is 2. The fourth-order valence-corrected chi connectivity index (χ4v) is 4.20. The molecule has 4 rings (SSSR count). The Hall–Kier alpha value is -3.36. The van der Waals surface area contributed by atoms with Crippen LogP contribution in [0.1, 0.15) is 48.0 Å². The minimum atomic E-state index is -0.647. The number of amides is 2. The summed E-state index contributed by atoms with van der Waals surface area (Å²) in [6.45, 7) is 4.49. The second-order valence-electron chi connectivity index (χ2n) is 8.31. The molecule has 178 valence electrons. The van der Waals surface area contributed by atoms with Gasteiger partial charge in [-0.2, -0.15) is 0 Å². The number of benzene rings is 2. The quantitative estimate of drug-likeness (QED) is 0.464. The van der Waals surface area contributed by atoms with Crippen LogP contribution in [0.15, 0.2) is 51.7 Å². The molecule has 1 aliphatic heterocycles. The third-order valence-corrected chi connectivity index (χ3v) is 5.73. The lowest BCUT2D eigenvalue weighted by Gasteiger charge is -2.25. The maximum atomic E-state index is 13.5. The van der Waals surface area contributed by atoms with E-state index in [0.717, 1.165) is 0 Å². The Balaban J connectivity index is 1.75. The van der Waals surface area contributed by atoms with E-state index in [2.05, 4.69) is 0 Å². The zero-order valence-corrected chi connectivity index (χ0v) is 19.6. The first-order valence-corrected chi connectivity index (χ1v) is 11.3. The number of hydrogen-bond donors (Lipinski definition) is 1. The number of nitrogens with two attached hydrogens (primary N) is 1. The van der Waals surface area contributed by atoms with Crippen molar-refractivity contribution in [1.82, 2.24) is 4.90 Å². The number of primary amides is 1. The molecular weight excluding hydrogens is 460 g/mol. The number of halogens is 1. The van der Waals surface area contributed by atoms with Crippen molar-refractivity contribution >= 4 is 34.4 Å². The van der Waals surface area contributed by atoms with Crippen molar-refractivity contribution in [1.29, 1.82) is 0 Å². The molecule has 0 saturated carbocycles. The second-order valence-corrected chi connectivity index (χ2v) is 8.75. The first-order chi connectivity index (χ1) is 16.3. The van der Waals surface area contributed by atoms with Crippen molar-refractivity contribution < 1.29 is 23.5 Å². The molecule has 2 aromatic carbocycles. The summed E-state index contributed by atoms with van der Waals surface area (Å²) in [6, 6.07) is 10.9. The number of fused-ring (bicyclic) bond motifs is 2. The average Bonchev–Trinajstić information content (AvgIpc) is 3.08. The fraction of sp³-hybridized carbons (Fsp3) is 0.320. The molecule has 2 N–H and O–H groups in total. The van der Waals surface area contributed by atoms with E-state index >= 15 is 0 Å². The summed E-state index contributed by atoms with van der Waals surface area (Å²) >= 11 is 6.11. The van der Waals surface area contributed by atoms with Gasteiger partial charge in [-0.15, -0.1) is 0 Å². The Morgan fingerprint density at radius 3 is 2.59 bits per heavy atom. The third kappa shape index (κ3) is 4.78. The number of ether oxygens (including phenoxy) is 2. The highest BCUT2D eigenvalue weighted by atomic mass is 35.5. The van der Waals surface area contributed by atoms with Gasteiger partial charge >= 0.3 is 0 Å². The summed E-state index contributed by atoms with van der Waals surface area (Å²) in [5.41, 5.74) is 6.12. The summed E-state index contributed by atoms with van der Waals surface area (Å²) in [5, 5.41) is 0.717. The van der Waals surface area contributed by atoms with Gasteiger partial charge in [0.05, 0.1) is 23.1 Å². The van der Waals surface area contributed by atoms with Crippen molar-refractivity contribution in [3.63, 3.8) is 0 Å². The Labute approximate surface area is 201 Å². The van der Waals surface area contributed by atoms with Crippen LogP contribution in [0, 0.1) is 0 Å². The molecule has 0 fully saturated rings. The fourth-order valence-electron chi connectivity index (χ4n) is 4.02. The van der Waals surface area contributed by atoms with E-state index in [9.17, 15) is 14.4 Å². The van der Waals surface area contributed by atoms with E-state index in [1.807, 2.05) is 13.8 Å². The van der Waals surface area contributed by atoms with Crippen LogP contribution in [-0.2, 0) is 9.53 Å². The van der Waals surface area contributed by atoms with Crippen molar-refractivity contribution in [2.24, 2.45) is 5.73 Å². The molecule has 0 radical (unpaired) electrons. The van der Waals surface area contributed by atoms with Gasteiger partial charge in [0.2, 0.25) is 5.76 Å². The molecule has 0 aliphatic carbocycles. The first-order valence-electron chi connectivity index (χ1n) is 11.0. The zero-order chi connectivity index (χ0) is 24.4. The summed E-state index contributed by atoms with van der Waals surface area (Å²) in [5.74, 6) is -0.463. The SMILES string of the molecule is CC(C)OCCCN1C(=O)c2oc3ccc(Cl)cc3c(=O)c2[C@H]1c1ccc(OCC(N)=O)cc1. The molecule has 34 heavy (non-hydrogen) atoms. The van der Waals surface area contributed by atoms with Gasteiger partial charge in [0, 0.05) is 18.2 Å². The molecule has 8 nitrogen and oxygen atoms in total. The summed E-state index contributed by atoms with van der Waals surface area (Å²) in [4.78, 5) is 39.5. The predicted molar refractivity (Wildman–Crippen MR) is 127 cm³/mol. The van der Waals surface area contributed by atoms with E-state index in [1.165, 1.54) is 0 Å². The molecule has 1 aliphatic rings. The standard InChI is InChI=1S/C25H25ClN2O6/c1-14(2)32-11-3-10-28-22(15-4-7-17(8-5-15)33-13-20(27)29)21-23(30)18-12-16(26)6-9-19(18)34-24(21)25(28)31/h4-9,12,14,22H,3,10-11,13H2,1-2H3,(H2,27,29)/t22-/m1/s1. The summed E-state index contributed by atoms with van der Waals surface area (Å²) in [6.07, 6.45) is 0.668. The second kappa shape index (κ2) is 9.87. The molecule has 1 atom stereocenters. The van der Waals surface area contributed by atoms with Crippen LogP contribution < -0.4 is 15.9 Å². The Bertz CT molecular complexity index is 1290. The molecule has 9 heteroatoms. The van der Waals surface area contributed by atoms with Gasteiger partial charge < -0.3 is 24.5 Å². The third-order valence-electron chi connectivity index (χ3n) is 5.50. The molecular formula is C25H25ClN2O6. The van der Waals surface area contributed by atoms with Gasteiger partial charge in [-0.3, -0.25) is 14.4 Å². The molecule has 2 amide bonds. The Morgan fingerprint density at radius 2 is 1.91 bits per heavy atom. The molecule has 0 spiro atoms. The predicted octanol–water partition coefficient (Wildman–Crippen LogP) is 3.67. The highest BCUT2D eigenvalue weighted by Crippen LogP contribution is 2.39. The lowest BCUT2D eigenvalue weighted by Crippen LogP contribution is -2.31. The average molecular weight is 485 g/mol. The van der Waals surface area contributed by atoms with Crippen molar-refractivity contribution in [2.45, 2.75) is 32.4 Å². The van der Waals surface area contributed by atoms with Gasteiger partial charge in [-0.05, 0) is 56.2 Å². The van der Waals surface area contributed by atoms with Crippen LogP contribution in [0.3, 0.4) is 0 Å². The normalized spacial score (nSPS) is 15.2. The maximum Gasteiger partial charge on any atom is 0.290 e. The van der Waals surface area contributed by atoms with Crippen LogP contribution in [0.2, 0.25) is 5.02 Å². The van der Waals surface area contributed by atoms with E-state index < -0.39 is 11.9 Å². The molecule has 1 aromatic heterocycles. The van der Waals surface area contributed by atoms with Gasteiger partial charge in [0.15, 0.2) is 12.0 Å². The first kappa shape index (κ1) is 23.8. The summed E-state index contributed by atoms with van der Waals surface area (Å²) in [7, 11) is 0. The van der Waals surface area contributed by atoms with Crippen LogP contribution in [0.25, 0.3) is 11.0 Å². The van der Waals surface area contributed by atoms with Gasteiger partial charge in [0.25, 0.3) is 11.8 Å². The molecule has 0 saturated heterocycles.